The number of hydrogen-bond donors (Lipinski definition) is 1. The van der Waals surface area contributed by atoms with Crippen LogP contribution in [0.1, 0.15) is 35.3 Å². The average Bonchev–Trinajstić information content (AvgIpc) is 2.98. The fourth-order valence-corrected chi connectivity index (χ4v) is 5.13. The van der Waals surface area contributed by atoms with Crippen molar-refractivity contribution in [1.29, 1.82) is 0 Å². The zero-order valence-electron chi connectivity index (χ0n) is 14.0. The summed E-state index contributed by atoms with van der Waals surface area (Å²) in [6, 6.07) is 7.30. The van der Waals surface area contributed by atoms with Crippen molar-refractivity contribution in [2.45, 2.75) is 38.8 Å². The first-order valence-corrected chi connectivity index (χ1v) is 9.39. The van der Waals surface area contributed by atoms with Crippen molar-refractivity contribution in [3.8, 4) is 10.4 Å². The number of primary amides is 1. The SMILES string of the molecule is Cc1nc(C(=O)N2[C@H]3C[C@]3(C(N)=O)C[C@@H]2C)c(-c2cccc(Cl)c2)s1. The molecule has 7 heteroatoms. The highest BCUT2D eigenvalue weighted by Gasteiger charge is 2.68. The van der Waals surface area contributed by atoms with Crippen molar-refractivity contribution < 1.29 is 9.59 Å². The van der Waals surface area contributed by atoms with Gasteiger partial charge < -0.3 is 10.6 Å². The molecule has 2 heterocycles. The van der Waals surface area contributed by atoms with Crippen LogP contribution < -0.4 is 5.73 Å². The molecule has 2 aliphatic rings. The summed E-state index contributed by atoms with van der Waals surface area (Å²) in [5, 5.41) is 1.44. The summed E-state index contributed by atoms with van der Waals surface area (Å²) in [7, 11) is 0. The van der Waals surface area contributed by atoms with Crippen LogP contribution in [0, 0.1) is 12.3 Å². The highest BCUT2D eigenvalue weighted by Crippen LogP contribution is 2.59. The highest BCUT2D eigenvalue weighted by atomic mass is 35.5. The van der Waals surface area contributed by atoms with Crippen molar-refractivity contribution >= 4 is 34.8 Å². The molecule has 0 bridgehead atoms. The van der Waals surface area contributed by atoms with Gasteiger partial charge in [-0.05, 0) is 44.4 Å². The van der Waals surface area contributed by atoms with Gasteiger partial charge in [-0.3, -0.25) is 9.59 Å². The van der Waals surface area contributed by atoms with Gasteiger partial charge in [-0.25, -0.2) is 4.98 Å². The van der Waals surface area contributed by atoms with Crippen LogP contribution in [-0.4, -0.2) is 33.8 Å². The molecular weight excluding hydrogens is 358 g/mol. The van der Waals surface area contributed by atoms with E-state index >= 15 is 0 Å². The topological polar surface area (TPSA) is 76.3 Å². The van der Waals surface area contributed by atoms with Crippen molar-refractivity contribution in [2.75, 3.05) is 0 Å². The largest absolute Gasteiger partial charge is 0.369 e. The summed E-state index contributed by atoms with van der Waals surface area (Å²) in [5.74, 6) is -0.429. The van der Waals surface area contributed by atoms with Crippen molar-refractivity contribution in [3.63, 3.8) is 0 Å². The second-order valence-corrected chi connectivity index (χ2v) is 8.57. The number of hydrogen-bond acceptors (Lipinski definition) is 4. The number of thiazole rings is 1. The summed E-state index contributed by atoms with van der Waals surface area (Å²) in [5.41, 5.74) is 6.36. The van der Waals surface area contributed by atoms with Crippen LogP contribution in [0.25, 0.3) is 10.4 Å². The number of rotatable bonds is 3. The van der Waals surface area contributed by atoms with Gasteiger partial charge in [0, 0.05) is 17.1 Å². The van der Waals surface area contributed by atoms with Crippen LogP contribution in [0.3, 0.4) is 0 Å². The number of nitrogens with two attached hydrogens (primary N) is 1. The van der Waals surface area contributed by atoms with E-state index in [-0.39, 0.29) is 23.9 Å². The fraction of sp³-hybridized carbons (Fsp3) is 0.389. The first-order valence-electron chi connectivity index (χ1n) is 8.19. The van der Waals surface area contributed by atoms with Crippen LogP contribution in [0.5, 0.6) is 0 Å². The molecule has 1 aliphatic heterocycles. The number of aromatic nitrogens is 1. The Kier molecular flexibility index (Phi) is 3.67. The molecule has 2 fully saturated rings. The Labute approximate surface area is 154 Å². The van der Waals surface area contributed by atoms with Gasteiger partial charge in [-0.15, -0.1) is 11.3 Å². The minimum absolute atomic E-state index is 0.0204. The van der Waals surface area contributed by atoms with Gasteiger partial charge >= 0.3 is 0 Å². The first kappa shape index (κ1) is 16.5. The monoisotopic (exact) mass is 375 g/mol. The molecule has 0 radical (unpaired) electrons. The van der Waals surface area contributed by atoms with E-state index in [9.17, 15) is 9.59 Å². The molecule has 1 aromatic carbocycles. The lowest BCUT2D eigenvalue weighted by Crippen LogP contribution is -2.37. The molecule has 5 nitrogen and oxygen atoms in total. The van der Waals surface area contributed by atoms with Gasteiger partial charge in [0.05, 0.1) is 15.3 Å². The minimum atomic E-state index is -0.531. The third-order valence-corrected chi connectivity index (χ3v) is 6.51. The maximum absolute atomic E-state index is 13.2. The quantitative estimate of drug-likeness (QED) is 0.894. The maximum Gasteiger partial charge on any atom is 0.274 e. The number of aryl methyl sites for hydroxylation is 1. The number of carbonyl (C=O) groups is 2. The van der Waals surface area contributed by atoms with Crippen molar-refractivity contribution in [2.24, 2.45) is 11.1 Å². The number of nitrogens with zero attached hydrogens (tertiary/aromatic N) is 2. The third-order valence-electron chi connectivity index (χ3n) is 5.25. The number of amides is 2. The van der Waals surface area contributed by atoms with E-state index in [1.807, 2.05) is 32.0 Å². The lowest BCUT2D eigenvalue weighted by atomic mass is 10.00. The molecule has 2 aromatic rings. The molecule has 2 N–H and O–H groups in total. The highest BCUT2D eigenvalue weighted by molar-refractivity contribution is 7.15. The first-order chi connectivity index (χ1) is 11.8. The van der Waals surface area contributed by atoms with Crippen LogP contribution >= 0.6 is 22.9 Å². The average molecular weight is 376 g/mol. The van der Waals surface area contributed by atoms with E-state index in [0.717, 1.165) is 15.4 Å². The predicted molar refractivity (Wildman–Crippen MR) is 97.6 cm³/mol. The van der Waals surface area contributed by atoms with E-state index in [1.54, 1.807) is 11.0 Å². The Balaban J connectivity index is 1.72. The van der Waals surface area contributed by atoms with Gasteiger partial charge in [-0.2, -0.15) is 0 Å². The molecule has 1 aromatic heterocycles. The van der Waals surface area contributed by atoms with E-state index in [1.165, 1.54) is 11.3 Å². The maximum atomic E-state index is 13.2. The molecule has 1 aliphatic carbocycles. The van der Waals surface area contributed by atoms with Gasteiger partial charge in [0.25, 0.3) is 5.91 Å². The lowest BCUT2D eigenvalue weighted by Gasteiger charge is -2.24. The Morgan fingerprint density at radius 2 is 2.16 bits per heavy atom. The van der Waals surface area contributed by atoms with Gasteiger partial charge in [0.15, 0.2) is 0 Å². The zero-order chi connectivity index (χ0) is 17.9. The van der Waals surface area contributed by atoms with Crippen LogP contribution in [0.2, 0.25) is 5.02 Å². The summed E-state index contributed by atoms with van der Waals surface area (Å²) in [4.78, 5) is 32.1. The molecule has 130 valence electrons. The molecular formula is C18H18ClN3O2S. The molecule has 3 atom stereocenters. The van der Waals surface area contributed by atoms with Crippen molar-refractivity contribution in [1.82, 2.24) is 9.88 Å². The summed E-state index contributed by atoms with van der Waals surface area (Å²) in [6.07, 6.45) is 1.29. The minimum Gasteiger partial charge on any atom is -0.369 e. The van der Waals surface area contributed by atoms with Gasteiger partial charge in [0.1, 0.15) is 5.69 Å². The lowest BCUT2D eigenvalue weighted by molar-refractivity contribution is -0.123. The van der Waals surface area contributed by atoms with Crippen LogP contribution in [0.4, 0.5) is 0 Å². The Morgan fingerprint density at radius 3 is 2.80 bits per heavy atom. The Morgan fingerprint density at radius 1 is 1.40 bits per heavy atom. The standard InChI is InChI=1S/C18H18ClN3O2S/c1-9-7-18(17(20)24)8-13(18)22(9)16(23)14-15(25-10(2)21-14)11-4-3-5-12(19)6-11/h3-6,9,13H,7-8H2,1-2H3,(H2,20,24)/t9-,13-,18+/m0/s1. The van der Waals surface area contributed by atoms with Gasteiger partial charge in [-0.1, -0.05) is 23.7 Å². The normalized spacial score (nSPS) is 27.2. The van der Waals surface area contributed by atoms with E-state index in [0.29, 0.717) is 23.6 Å². The Hall–Kier alpha value is -1.92. The molecule has 4 rings (SSSR count). The van der Waals surface area contributed by atoms with Gasteiger partial charge in [0.2, 0.25) is 5.91 Å². The van der Waals surface area contributed by atoms with E-state index in [2.05, 4.69) is 4.98 Å². The Bertz CT molecular complexity index is 896. The molecule has 25 heavy (non-hydrogen) atoms. The second kappa shape index (κ2) is 5.54. The molecule has 0 unspecified atom stereocenters. The zero-order valence-corrected chi connectivity index (χ0v) is 15.5. The molecule has 1 saturated heterocycles. The smallest absolute Gasteiger partial charge is 0.274 e. The molecule has 2 amide bonds. The number of benzene rings is 1. The van der Waals surface area contributed by atoms with E-state index in [4.69, 9.17) is 17.3 Å². The number of carbonyl (C=O) groups excluding carboxylic acids is 2. The summed E-state index contributed by atoms with van der Waals surface area (Å²) >= 11 is 7.58. The molecule has 0 spiro atoms. The number of fused-ring (bicyclic) bond motifs is 1. The predicted octanol–water partition coefficient (Wildman–Crippen LogP) is 3.25. The third kappa shape index (κ3) is 2.47. The molecule has 1 saturated carbocycles. The van der Waals surface area contributed by atoms with Crippen LogP contribution in [0.15, 0.2) is 24.3 Å². The second-order valence-electron chi connectivity index (χ2n) is 6.93. The number of piperidine rings is 1. The number of halogens is 1. The van der Waals surface area contributed by atoms with E-state index < -0.39 is 5.41 Å². The fourth-order valence-electron chi connectivity index (χ4n) is 4.03. The van der Waals surface area contributed by atoms with Crippen LogP contribution in [-0.2, 0) is 4.79 Å². The number of likely N-dealkylation sites (tertiary alicyclic amines) is 1. The van der Waals surface area contributed by atoms with Crippen molar-refractivity contribution in [3.05, 3.63) is 40.0 Å². The summed E-state index contributed by atoms with van der Waals surface area (Å²) < 4.78 is 0. The summed E-state index contributed by atoms with van der Waals surface area (Å²) in [6.45, 7) is 3.85.